The summed E-state index contributed by atoms with van der Waals surface area (Å²) in [6, 6.07) is 3.45. The summed E-state index contributed by atoms with van der Waals surface area (Å²) in [5.41, 5.74) is 1.98. The van der Waals surface area contributed by atoms with Gasteiger partial charge >= 0.3 is 6.61 Å². The first-order chi connectivity index (χ1) is 8.65. The molecule has 1 aromatic carbocycles. The molecule has 96 valence electrons. The van der Waals surface area contributed by atoms with Gasteiger partial charge in [0.15, 0.2) is 5.75 Å². The average Bonchev–Trinajstić information content (AvgIpc) is 2.80. The summed E-state index contributed by atoms with van der Waals surface area (Å²) in [7, 11) is 0. The largest absolute Gasteiger partial charge is 0.433 e. The second-order valence-corrected chi connectivity index (χ2v) is 4.31. The lowest BCUT2D eigenvalue weighted by molar-refractivity contribution is -0.0495. The summed E-state index contributed by atoms with van der Waals surface area (Å²) in [6.07, 6.45) is 1.66. The molecule has 0 spiro atoms. The van der Waals surface area contributed by atoms with E-state index in [9.17, 15) is 13.2 Å². The number of nitrogens with one attached hydrogen (secondary N) is 1. The van der Waals surface area contributed by atoms with Crippen LogP contribution >= 0.6 is 11.3 Å². The van der Waals surface area contributed by atoms with Gasteiger partial charge in [-0.05, 0) is 12.1 Å². The van der Waals surface area contributed by atoms with Gasteiger partial charge in [0.05, 0.1) is 17.7 Å². The first kappa shape index (κ1) is 12.7. The zero-order valence-corrected chi connectivity index (χ0v) is 9.89. The summed E-state index contributed by atoms with van der Waals surface area (Å²) in [4.78, 5) is 4.82. The summed E-state index contributed by atoms with van der Waals surface area (Å²) in [5, 5.41) is 2.89. The van der Waals surface area contributed by atoms with Crippen molar-refractivity contribution in [1.29, 1.82) is 0 Å². The third-order valence-electron chi connectivity index (χ3n) is 2.10. The van der Waals surface area contributed by atoms with Crippen LogP contribution in [0, 0.1) is 5.82 Å². The predicted molar refractivity (Wildman–Crippen MR) is 62.5 cm³/mol. The third kappa shape index (κ3) is 3.36. The van der Waals surface area contributed by atoms with E-state index < -0.39 is 12.4 Å². The van der Waals surface area contributed by atoms with Crippen molar-refractivity contribution in [2.45, 2.75) is 13.2 Å². The minimum Gasteiger partial charge on any atom is -0.433 e. The Morgan fingerprint density at radius 3 is 2.89 bits per heavy atom. The lowest BCUT2D eigenvalue weighted by Gasteiger charge is -2.12. The number of aromatic nitrogens is 1. The number of hydrogen-bond acceptors (Lipinski definition) is 4. The predicted octanol–water partition coefficient (Wildman–Crippen LogP) is 3.50. The molecule has 3 nitrogen and oxygen atoms in total. The normalized spacial score (nSPS) is 10.7. The van der Waals surface area contributed by atoms with Crippen molar-refractivity contribution < 1.29 is 17.9 Å². The van der Waals surface area contributed by atoms with Gasteiger partial charge in [-0.25, -0.2) is 4.39 Å². The Morgan fingerprint density at radius 2 is 2.22 bits per heavy atom. The smallest absolute Gasteiger partial charge is 0.387 e. The molecule has 0 aliphatic rings. The lowest BCUT2D eigenvalue weighted by Crippen LogP contribution is -2.06. The Morgan fingerprint density at radius 1 is 1.39 bits per heavy atom. The van der Waals surface area contributed by atoms with E-state index in [1.54, 1.807) is 11.7 Å². The van der Waals surface area contributed by atoms with Gasteiger partial charge in [0.1, 0.15) is 5.82 Å². The third-order valence-corrected chi connectivity index (χ3v) is 2.88. The Bertz CT molecular complexity index is 505. The molecule has 0 aliphatic heterocycles. The van der Waals surface area contributed by atoms with Gasteiger partial charge in [0, 0.05) is 17.1 Å². The van der Waals surface area contributed by atoms with Crippen LogP contribution in [0.4, 0.5) is 18.9 Å². The van der Waals surface area contributed by atoms with Gasteiger partial charge in [0.2, 0.25) is 0 Å². The van der Waals surface area contributed by atoms with E-state index in [-0.39, 0.29) is 5.75 Å². The first-order valence-corrected chi connectivity index (χ1v) is 5.88. The summed E-state index contributed by atoms with van der Waals surface area (Å²) < 4.78 is 41.5. The molecule has 0 unspecified atom stereocenters. The Balaban J connectivity index is 2.10. The quantitative estimate of drug-likeness (QED) is 0.906. The number of halogens is 3. The average molecular weight is 274 g/mol. The van der Waals surface area contributed by atoms with Gasteiger partial charge in [-0.3, -0.25) is 4.98 Å². The van der Waals surface area contributed by atoms with Crippen molar-refractivity contribution in [1.82, 2.24) is 4.98 Å². The van der Waals surface area contributed by atoms with Crippen LogP contribution in [-0.2, 0) is 6.54 Å². The van der Waals surface area contributed by atoms with Crippen LogP contribution in [0.25, 0.3) is 0 Å². The van der Waals surface area contributed by atoms with Crippen molar-refractivity contribution in [2.24, 2.45) is 0 Å². The Kier molecular flexibility index (Phi) is 4.03. The van der Waals surface area contributed by atoms with Crippen molar-refractivity contribution in [3.05, 3.63) is 40.6 Å². The lowest BCUT2D eigenvalue weighted by atomic mass is 10.3. The van der Waals surface area contributed by atoms with Crippen molar-refractivity contribution in [3.8, 4) is 5.75 Å². The molecule has 0 fully saturated rings. The Hall–Kier alpha value is -1.76. The maximum atomic E-state index is 13.0. The van der Waals surface area contributed by atoms with Crippen LogP contribution in [0.15, 0.2) is 29.9 Å². The molecule has 0 saturated heterocycles. The van der Waals surface area contributed by atoms with Crippen molar-refractivity contribution in [3.63, 3.8) is 0 Å². The topological polar surface area (TPSA) is 34.2 Å². The van der Waals surface area contributed by atoms with E-state index >= 15 is 0 Å². The summed E-state index contributed by atoms with van der Waals surface area (Å²) in [6.45, 7) is -2.58. The highest BCUT2D eigenvalue weighted by molar-refractivity contribution is 7.09. The molecular formula is C11H9F3N2OS. The van der Waals surface area contributed by atoms with E-state index in [1.807, 2.05) is 0 Å². The fourth-order valence-corrected chi connectivity index (χ4v) is 1.88. The van der Waals surface area contributed by atoms with Crippen LogP contribution in [0.1, 0.15) is 4.88 Å². The molecule has 2 aromatic rings. The summed E-state index contributed by atoms with van der Waals surface area (Å²) in [5.74, 6) is -0.844. The van der Waals surface area contributed by atoms with E-state index in [2.05, 4.69) is 15.0 Å². The molecule has 1 N–H and O–H groups in total. The van der Waals surface area contributed by atoms with Gasteiger partial charge in [0.25, 0.3) is 0 Å². The van der Waals surface area contributed by atoms with E-state index in [0.29, 0.717) is 12.2 Å². The minimum absolute atomic E-state index is 0.213. The highest BCUT2D eigenvalue weighted by atomic mass is 32.1. The van der Waals surface area contributed by atoms with Crippen LogP contribution in [0.3, 0.4) is 0 Å². The molecular weight excluding hydrogens is 265 g/mol. The zero-order chi connectivity index (χ0) is 13.0. The fraction of sp³-hybridized carbons (Fsp3) is 0.182. The highest BCUT2D eigenvalue weighted by Crippen LogP contribution is 2.27. The number of thiazole rings is 1. The molecule has 1 heterocycles. The first-order valence-electron chi connectivity index (χ1n) is 5.01. The van der Waals surface area contributed by atoms with Crippen LogP contribution in [0.2, 0.25) is 0 Å². The second-order valence-electron chi connectivity index (χ2n) is 3.34. The number of ether oxygens (including phenoxy) is 1. The molecule has 2 rings (SSSR count). The monoisotopic (exact) mass is 274 g/mol. The number of benzene rings is 1. The fourth-order valence-electron chi connectivity index (χ4n) is 1.35. The standard InChI is InChI=1S/C11H9F3N2OS/c12-7-1-2-9(10(3-7)17-11(13)14)16-5-8-4-15-6-18-8/h1-4,6,11,16H,5H2. The van der Waals surface area contributed by atoms with E-state index in [1.165, 1.54) is 23.5 Å². The SMILES string of the molecule is Fc1ccc(NCc2cncs2)c(OC(F)F)c1. The van der Waals surface area contributed by atoms with Gasteiger partial charge in [-0.2, -0.15) is 8.78 Å². The maximum absolute atomic E-state index is 13.0. The Labute approximate surface area is 105 Å². The molecule has 0 bridgehead atoms. The van der Waals surface area contributed by atoms with Gasteiger partial charge < -0.3 is 10.1 Å². The van der Waals surface area contributed by atoms with Crippen LogP contribution in [-0.4, -0.2) is 11.6 Å². The highest BCUT2D eigenvalue weighted by Gasteiger charge is 2.11. The van der Waals surface area contributed by atoms with Crippen LogP contribution in [0.5, 0.6) is 5.75 Å². The number of anilines is 1. The van der Waals surface area contributed by atoms with Crippen molar-refractivity contribution >= 4 is 17.0 Å². The number of rotatable bonds is 5. The summed E-state index contributed by atoms with van der Waals surface area (Å²) >= 11 is 1.43. The van der Waals surface area contributed by atoms with Crippen molar-refractivity contribution in [2.75, 3.05) is 5.32 Å². The van der Waals surface area contributed by atoms with Gasteiger partial charge in [-0.15, -0.1) is 11.3 Å². The van der Waals surface area contributed by atoms with E-state index in [4.69, 9.17) is 0 Å². The number of hydrogen-bond donors (Lipinski definition) is 1. The molecule has 7 heteroatoms. The molecule has 18 heavy (non-hydrogen) atoms. The molecule has 0 radical (unpaired) electrons. The van der Waals surface area contributed by atoms with Gasteiger partial charge in [-0.1, -0.05) is 0 Å². The second kappa shape index (κ2) is 5.72. The maximum Gasteiger partial charge on any atom is 0.387 e. The molecule has 0 aliphatic carbocycles. The molecule has 1 aromatic heterocycles. The molecule has 0 saturated carbocycles. The zero-order valence-electron chi connectivity index (χ0n) is 9.07. The van der Waals surface area contributed by atoms with Crippen LogP contribution < -0.4 is 10.1 Å². The number of nitrogens with zero attached hydrogens (tertiary/aromatic N) is 1. The number of alkyl halides is 2. The van der Waals surface area contributed by atoms with E-state index in [0.717, 1.165) is 10.9 Å². The minimum atomic E-state index is -2.99. The molecule has 0 amide bonds. The molecule has 0 atom stereocenters.